The van der Waals surface area contributed by atoms with Gasteiger partial charge in [0.05, 0.1) is 30.3 Å². The molecule has 2 fully saturated rings. The summed E-state index contributed by atoms with van der Waals surface area (Å²) in [6.07, 6.45) is 3.28. The summed E-state index contributed by atoms with van der Waals surface area (Å²) in [5.74, 6) is -5.65. The van der Waals surface area contributed by atoms with Crippen molar-refractivity contribution < 1.29 is 28.7 Å². The van der Waals surface area contributed by atoms with Gasteiger partial charge in [0.2, 0.25) is 0 Å². The van der Waals surface area contributed by atoms with Crippen molar-refractivity contribution in [3.8, 4) is 0 Å². The minimum Gasteiger partial charge on any atom is -0.365 e. The van der Waals surface area contributed by atoms with Crippen LogP contribution in [0.3, 0.4) is 0 Å². The predicted molar refractivity (Wildman–Crippen MR) is 150 cm³/mol. The second-order valence-corrected chi connectivity index (χ2v) is 11.0. The molecule has 0 radical (unpaired) electrons. The fraction of sp³-hybridized carbons (Fsp3) is 0.485. The lowest BCUT2D eigenvalue weighted by atomic mass is 9.67. The maximum atomic E-state index is 14.1. The lowest BCUT2D eigenvalue weighted by Crippen LogP contribution is -2.49. The summed E-state index contributed by atoms with van der Waals surface area (Å²) in [5, 5.41) is 0. The molecule has 2 aromatic carbocycles. The van der Waals surface area contributed by atoms with Crippen LogP contribution < -0.4 is 5.73 Å². The molecule has 0 amide bonds. The average molecular weight is 546 g/mol. The van der Waals surface area contributed by atoms with Crippen molar-refractivity contribution in [3.63, 3.8) is 0 Å². The molecule has 40 heavy (non-hydrogen) atoms. The SMILES string of the molecule is NCCCC1C(=O)[C@@H](CCCCCC(=O)[C@@H]2CO2)C(=O)[C@@H](Cc2ccccc2)C(=O)[C@@H](Cc2ccccc2)C1=O. The van der Waals surface area contributed by atoms with Crippen LogP contribution in [0.5, 0.6) is 0 Å². The Labute approximate surface area is 235 Å². The number of benzene rings is 2. The minimum absolute atomic E-state index is 0.0866. The van der Waals surface area contributed by atoms with Gasteiger partial charge in [0.25, 0.3) is 0 Å². The number of epoxide rings is 1. The Hall–Kier alpha value is -3.29. The molecule has 1 unspecified atom stereocenters. The first-order valence-electron chi connectivity index (χ1n) is 14.5. The highest BCUT2D eigenvalue weighted by molar-refractivity contribution is 6.24. The molecule has 2 N–H and O–H groups in total. The van der Waals surface area contributed by atoms with Gasteiger partial charge in [-0.1, -0.05) is 73.5 Å². The molecule has 2 aliphatic rings. The van der Waals surface area contributed by atoms with Gasteiger partial charge in [0.1, 0.15) is 6.10 Å². The third-order valence-corrected chi connectivity index (χ3v) is 8.12. The second-order valence-electron chi connectivity index (χ2n) is 11.0. The monoisotopic (exact) mass is 545 g/mol. The highest BCUT2D eigenvalue weighted by atomic mass is 16.6. The smallest absolute Gasteiger partial charge is 0.163 e. The molecule has 0 aromatic heterocycles. The number of Topliss-reactive ketones (excluding diaryl/α,β-unsaturated/α-hetero) is 5. The molecule has 212 valence electrons. The van der Waals surface area contributed by atoms with Crippen molar-refractivity contribution in [2.75, 3.05) is 13.2 Å². The molecule has 4 rings (SSSR count). The quantitative estimate of drug-likeness (QED) is 0.217. The van der Waals surface area contributed by atoms with E-state index in [1.165, 1.54) is 0 Å². The van der Waals surface area contributed by atoms with E-state index in [0.29, 0.717) is 45.3 Å². The molecule has 1 saturated carbocycles. The first-order chi connectivity index (χ1) is 19.4. The summed E-state index contributed by atoms with van der Waals surface area (Å²) in [6, 6.07) is 18.5. The van der Waals surface area contributed by atoms with Gasteiger partial charge in [-0.25, -0.2) is 0 Å². The van der Waals surface area contributed by atoms with Crippen LogP contribution >= 0.6 is 0 Å². The lowest BCUT2D eigenvalue weighted by Gasteiger charge is -2.32. The topological polar surface area (TPSA) is 124 Å². The number of ketones is 5. The maximum absolute atomic E-state index is 14.1. The molecule has 1 aliphatic carbocycles. The predicted octanol–water partition coefficient (Wildman–Crippen LogP) is 3.88. The Morgan fingerprint density at radius 2 is 1.10 bits per heavy atom. The zero-order valence-corrected chi connectivity index (χ0v) is 23.0. The number of hydrogen-bond donors (Lipinski definition) is 1. The van der Waals surface area contributed by atoms with Crippen molar-refractivity contribution in [2.45, 2.75) is 63.9 Å². The fourth-order valence-corrected chi connectivity index (χ4v) is 5.74. The Bertz CT molecular complexity index is 1190. The van der Waals surface area contributed by atoms with Gasteiger partial charge >= 0.3 is 0 Å². The first kappa shape index (κ1) is 29.7. The van der Waals surface area contributed by atoms with Gasteiger partial charge in [-0.05, 0) is 56.2 Å². The molecule has 7 heteroatoms. The van der Waals surface area contributed by atoms with Gasteiger partial charge in [-0.2, -0.15) is 0 Å². The van der Waals surface area contributed by atoms with Crippen LogP contribution in [0.15, 0.2) is 60.7 Å². The molecule has 1 aliphatic heterocycles. The Kier molecular flexibility index (Phi) is 10.7. The van der Waals surface area contributed by atoms with E-state index in [4.69, 9.17) is 10.5 Å². The summed E-state index contributed by atoms with van der Waals surface area (Å²) >= 11 is 0. The largest absolute Gasteiger partial charge is 0.365 e. The Morgan fingerprint density at radius 1 is 0.650 bits per heavy atom. The summed E-state index contributed by atoms with van der Waals surface area (Å²) in [7, 11) is 0. The summed E-state index contributed by atoms with van der Waals surface area (Å²) < 4.78 is 5.04. The third-order valence-electron chi connectivity index (χ3n) is 8.12. The van der Waals surface area contributed by atoms with Gasteiger partial charge in [0, 0.05) is 6.42 Å². The highest BCUT2D eigenvalue weighted by Gasteiger charge is 2.48. The van der Waals surface area contributed by atoms with E-state index < -0.39 is 35.2 Å². The lowest BCUT2D eigenvalue weighted by molar-refractivity contribution is -0.149. The van der Waals surface area contributed by atoms with E-state index in [9.17, 15) is 24.0 Å². The van der Waals surface area contributed by atoms with E-state index in [0.717, 1.165) is 11.1 Å². The zero-order chi connectivity index (χ0) is 28.5. The van der Waals surface area contributed by atoms with E-state index >= 15 is 0 Å². The van der Waals surface area contributed by atoms with Crippen LogP contribution in [0.1, 0.15) is 56.1 Å². The van der Waals surface area contributed by atoms with Crippen LogP contribution in [0, 0.1) is 23.7 Å². The van der Waals surface area contributed by atoms with Crippen molar-refractivity contribution >= 4 is 28.9 Å². The van der Waals surface area contributed by atoms with Crippen LogP contribution in [-0.2, 0) is 41.6 Å². The molecular weight excluding hydrogens is 506 g/mol. The highest BCUT2D eigenvalue weighted by Crippen LogP contribution is 2.33. The molecule has 7 nitrogen and oxygen atoms in total. The number of ether oxygens (including phenoxy) is 1. The number of carbonyl (C=O) groups is 5. The molecule has 0 spiro atoms. The van der Waals surface area contributed by atoms with Gasteiger partial charge in [0.15, 0.2) is 28.9 Å². The standard InChI is InChI=1S/C33H39NO6/c34-18-10-16-25-30(36)24(15-8-3-9-17-28(35)29-21-40-29)31(37)26(19-22-11-4-1-5-12-22)33(39)27(32(25)38)20-23-13-6-2-7-14-23/h1-2,4-7,11-14,24-27,29H,3,8-10,15-21,34H2/t24-,25?,26-,27+,29+/m1/s1. The van der Waals surface area contributed by atoms with Crippen molar-refractivity contribution in [3.05, 3.63) is 71.8 Å². The number of carbonyl (C=O) groups excluding carboxylic acids is 5. The molecule has 5 atom stereocenters. The van der Waals surface area contributed by atoms with E-state index in [1.807, 2.05) is 60.7 Å². The number of nitrogens with two attached hydrogens (primary N) is 1. The van der Waals surface area contributed by atoms with Crippen LogP contribution in [0.4, 0.5) is 0 Å². The van der Waals surface area contributed by atoms with Crippen molar-refractivity contribution in [1.82, 2.24) is 0 Å². The molecule has 1 heterocycles. The minimum atomic E-state index is -1.07. The summed E-state index contributed by atoms with van der Waals surface area (Å²) in [5.41, 5.74) is 7.36. The summed E-state index contributed by atoms with van der Waals surface area (Å²) in [4.78, 5) is 68.0. The maximum Gasteiger partial charge on any atom is 0.163 e. The number of hydrogen-bond acceptors (Lipinski definition) is 7. The van der Waals surface area contributed by atoms with Crippen LogP contribution in [0.2, 0.25) is 0 Å². The van der Waals surface area contributed by atoms with Gasteiger partial charge in [-0.15, -0.1) is 0 Å². The Morgan fingerprint density at radius 3 is 1.57 bits per heavy atom. The second kappa shape index (κ2) is 14.4. The van der Waals surface area contributed by atoms with Crippen LogP contribution in [-0.4, -0.2) is 48.2 Å². The van der Waals surface area contributed by atoms with E-state index in [1.54, 1.807) is 0 Å². The molecule has 0 bridgehead atoms. The summed E-state index contributed by atoms with van der Waals surface area (Å²) in [6.45, 7) is 0.798. The average Bonchev–Trinajstić information content (AvgIpc) is 3.82. The number of unbranched alkanes of at least 4 members (excludes halogenated alkanes) is 2. The molecule has 1 saturated heterocycles. The normalized spacial score (nSPS) is 25.0. The van der Waals surface area contributed by atoms with Crippen molar-refractivity contribution in [1.29, 1.82) is 0 Å². The third kappa shape index (κ3) is 7.67. The molecular formula is C33H39NO6. The van der Waals surface area contributed by atoms with Gasteiger partial charge in [-0.3, -0.25) is 24.0 Å². The van der Waals surface area contributed by atoms with Crippen LogP contribution in [0.25, 0.3) is 0 Å². The van der Waals surface area contributed by atoms with Gasteiger partial charge < -0.3 is 10.5 Å². The first-order valence-corrected chi connectivity index (χ1v) is 14.5. The van der Waals surface area contributed by atoms with E-state index in [-0.39, 0.29) is 49.1 Å². The Balaban J connectivity index is 1.59. The number of rotatable bonds is 14. The van der Waals surface area contributed by atoms with Crippen molar-refractivity contribution in [2.24, 2.45) is 29.4 Å². The fourth-order valence-electron chi connectivity index (χ4n) is 5.74. The molecule has 2 aromatic rings. The zero-order valence-electron chi connectivity index (χ0n) is 23.0. The van der Waals surface area contributed by atoms with E-state index in [2.05, 4.69) is 0 Å².